The van der Waals surface area contributed by atoms with Crippen molar-refractivity contribution in [2.45, 2.75) is 38.5 Å². The molecule has 3 aromatic rings. The highest BCUT2D eigenvalue weighted by molar-refractivity contribution is 5.83. The van der Waals surface area contributed by atoms with Gasteiger partial charge in [0.25, 0.3) is 0 Å². The minimum absolute atomic E-state index is 0.194. The van der Waals surface area contributed by atoms with Crippen LogP contribution in [0.1, 0.15) is 36.8 Å². The number of halogens is 1. The molecule has 1 saturated heterocycles. The molecule has 0 radical (unpaired) electrons. The Labute approximate surface area is 200 Å². The van der Waals surface area contributed by atoms with E-state index in [4.69, 9.17) is 4.74 Å². The van der Waals surface area contributed by atoms with E-state index in [9.17, 15) is 14.3 Å². The van der Waals surface area contributed by atoms with E-state index in [0.29, 0.717) is 6.54 Å². The van der Waals surface area contributed by atoms with E-state index in [1.165, 1.54) is 11.6 Å². The van der Waals surface area contributed by atoms with Crippen LogP contribution in [0.4, 0.5) is 4.39 Å². The molecule has 1 fully saturated rings. The normalized spacial score (nSPS) is 18.8. The largest absolute Gasteiger partial charge is 0.497 e. The number of aryl methyl sites for hydroxylation is 2. The third kappa shape index (κ3) is 6.11. The molecule has 0 amide bonds. The van der Waals surface area contributed by atoms with E-state index in [1.54, 1.807) is 19.2 Å². The van der Waals surface area contributed by atoms with Crippen LogP contribution in [-0.2, 0) is 17.6 Å². The Morgan fingerprint density at radius 1 is 1.18 bits per heavy atom. The number of methoxy groups -OCH3 is 1. The maximum absolute atomic E-state index is 13.4. The number of aromatic nitrogens is 1. The van der Waals surface area contributed by atoms with Crippen LogP contribution >= 0.6 is 0 Å². The summed E-state index contributed by atoms with van der Waals surface area (Å²) >= 11 is 0. The zero-order valence-electron chi connectivity index (χ0n) is 19.8. The number of carbonyl (C=O) groups is 1. The van der Waals surface area contributed by atoms with Gasteiger partial charge in [0.2, 0.25) is 0 Å². The predicted molar refractivity (Wildman–Crippen MR) is 132 cm³/mol. The first-order valence-electron chi connectivity index (χ1n) is 12.1. The summed E-state index contributed by atoms with van der Waals surface area (Å²) in [5, 5.41) is 11.0. The summed E-state index contributed by atoms with van der Waals surface area (Å²) in [7, 11) is 1.66. The van der Waals surface area contributed by atoms with E-state index in [-0.39, 0.29) is 17.7 Å². The van der Waals surface area contributed by atoms with Gasteiger partial charge in [0.05, 0.1) is 18.5 Å². The number of ether oxygens (including phenoxy) is 1. The van der Waals surface area contributed by atoms with Gasteiger partial charge in [-0.25, -0.2) is 4.39 Å². The Kier molecular flexibility index (Phi) is 8.12. The molecule has 5 nitrogen and oxygen atoms in total. The van der Waals surface area contributed by atoms with Crippen molar-refractivity contribution < 1.29 is 19.0 Å². The molecule has 1 N–H and O–H groups in total. The van der Waals surface area contributed by atoms with Crippen LogP contribution in [0.3, 0.4) is 0 Å². The van der Waals surface area contributed by atoms with Crippen LogP contribution in [0.15, 0.2) is 54.7 Å². The van der Waals surface area contributed by atoms with Gasteiger partial charge >= 0.3 is 5.97 Å². The molecule has 0 spiro atoms. The Morgan fingerprint density at radius 3 is 2.85 bits per heavy atom. The minimum atomic E-state index is -0.695. The Morgan fingerprint density at radius 2 is 2.06 bits per heavy atom. The van der Waals surface area contributed by atoms with Gasteiger partial charge in [-0.2, -0.15) is 0 Å². The summed E-state index contributed by atoms with van der Waals surface area (Å²) in [6, 6.07) is 14.7. The standard InChI is InChI=1S/C28H33FN2O3/c1-34-24-10-11-27-25(18-24)21(12-14-30-27)7-3-8-22-13-16-31(19-26(22)28(32)33)15-4-6-20-5-2-9-23(29)17-20/h2,5,9-12,14,17-18,22,26H,3-4,6-8,13,15-16,19H2,1H3,(H,32,33)/t22-,26+/m1/s1. The maximum Gasteiger partial charge on any atom is 0.308 e. The number of rotatable bonds is 10. The molecule has 4 rings (SSSR count). The molecule has 180 valence electrons. The van der Waals surface area contributed by atoms with E-state index < -0.39 is 5.97 Å². The average molecular weight is 465 g/mol. The Balaban J connectivity index is 1.29. The molecule has 1 aliphatic rings. The SMILES string of the molecule is COc1ccc2nccc(CCC[C@@H]3CCN(CCCc4cccc(F)c4)C[C@@H]3C(=O)O)c2c1. The summed E-state index contributed by atoms with van der Waals surface area (Å²) in [5.41, 5.74) is 3.17. The van der Waals surface area contributed by atoms with Gasteiger partial charge in [0.15, 0.2) is 0 Å². The first-order chi connectivity index (χ1) is 16.5. The summed E-state index contributed by atoms with van der Waals surface area (Å²) < 4.78 is 18.7. The number of hydrogen-bond acceptors (Lipinski definition) is 4. The molecule has 0 saturated carbocycles. The quantitative estimate of drug-likeness (QED) is 0.438. The number of pyridine rings is 1. The van der Waals surface area contributed by atoms with Crippen molar-refractivity contribution in [1.82, 2.24) is 9.88 Å². The first kappa shape index (κ1) is 24.1. The van der Waals surface area contributed by atoms with E-state index in [0.717, 1.165) is 73.8 Å². The van der Waals surface area contributed by atoms with E-state index in [1.807, 2.05) is 30.5 Å². The number of aliphatic carboxylic acids is 1. The third-order valence-corrected chi connectivity index (χ3v) is 7.05. The van der Waals surface area contributed by atoms with Crippen LogP contribution in [0, 0.1) is 17.7 Å². The van der Waals surface area contributed by atoms with Crippen LogP contribution < -0.4 is 4.74 Å². The molecule has 1 aliphatic heterocycles. The van der Waals surface area contributed by atoms with Gasteiger partial charge in [0, 0.05) is 18.1 Å². The lowest BCUT2D eigenvalue weighted by atomic mass is 9.81. The predicted octanol–water partition coefficient (Wildman–Crippen LogP) is 5.36. The van der Waals surface area contributed by atoms with Gasteiger partial charge in [-0.15, -0.1) is 0 Å². The van der Waals surface area contributed by atoms with Crippen molar-refractivity contribution in [3.05, 3.63) is 71.7 Å². The fraction of sp³-hybridized carbons (Fsp3) is 0.429. The summed E-state index contributed by atoms with van der Waals surface area (Å²) in [4.78, 5) is 18.7. The Bertz CT molecular complexity index is 1120. The van der Waals surface area contributed by atoms with Gasteiger partial charge < -0.3 is 14.7 Å². The number of hydrogen-bond donors (Lipinski definition) is 1. The highest BCUT2D eigenvalue weighted by Gasteiger charge is 2.33. The van der Waals surface area contributed by atoms with Crippen molar-refractivity contribution in [2.24, 2.45) is 11.8 Å². The third-order valence-electron chi connectivity index (χ3n) is 7.05. The minimum Gasteiger partial charge on any atom is -0.497 e. The molecule has 0 unspecified atom stereocenters. The zero-order chi connectivity index (χ0) is 23.9. The van der Waals surface area contributed by atoms with Gasteiger partial charge in [-0.05, 0) is 105 Å². The van der Waals surface area contributed by atoms with Crippen LogP contribution in [-0.4, -0.2) is 47.7 Å². The number of likely N-dealkylation sites (tertiary alicyclic amines) is 1. The number of carboxylic acids is 1. The maximum atomic E-state index is 13.4. The van der Waals surface area contributed by atoms with Gasteiger partial charge in [-0.1, -0.05) is 12.1 Å². The second-order valence-corrected chi connectivity index (χ2v) is 9.27. The lowest BCUT2D eigenvalue weighted by Gasteiger charge is -2.36. The molecule has 0 aliphatic carbocycles. The van der Waals surface area contributed by atoms with Crippen molar-refractivity contribution in [3.8, 4) is 5.75 Å². The van der Waals surface area contributed by atoms with Crippen molar-refractivity contribution >= 4 is 16.9 Å². The molecule has 0 bridgehead atoms. The number of fused-ring (bicyclic) bond motifs is 1. The number of carboxylic acid groups (broad SMARTS) is 1. The summed E-state index contributed by atoms with van der Waals surface area (Å²) in [6.45, 7) is 2.36. The monoisotopic (exact) mass is 464 g/mol. The number of piperidine rings is 1. The van der Waals surface area contributed by atoms with E-state index in [2.05, 4.69) is 16.0 Å². The van der Waals surface area contributed by atoms with Crippen molar-refractivity contribution in [1.29, 1.82) is 0 Å². The molecule has 34 heavy (non-hydrogen) atoms. The molecular weight excluding hydrogens is 431 g/mol. The van der Waals surface area contributed by atoms with Crippen LogP contribution in [0.5, 0.6) is 5.75 Å². The zero-order valence-corrected chi connectivity index (χ0v) is 19.8. The second-order valence-electron chi connectivity index (χ2n) is 9.27. The first-order valence-corrected chi connectivity index (χ1v) is 12.1. The molecule has 2 heterocycles. The molecule has 2 aromatic carbocycles. The highest BCUT2D eigenvalue weighted by Crippen LogP contribution is 2.30. The van der Waals surface area contributed by atoms with Gasteiger partial charge in [-0.3, -0.25) is 9.78 Å². The van der Waals surface area contributed by atoms with Crippen molar-refractivity contribution in [2.75, 3.05) is 26.7 Å². The molecule has 1 aromatic heterocycles. The molecule has 2 atom stereocenters. The molecular formula is C28H33FN2O3. The van der Waals surface area contributed by atoms with Gasteiger partial charge in [0.1, 0.15) is 11.6 Å². The average Bonchev–Trinajstić information content (AvgIpc) is 2.84. The van der Waals surface area contributed by atoms with E-state index >= 15 is 0 Å². The lowest BCUT2D eigenvalue weighted by Crippen LogP contribution is -2.44. The lowest BCUT2D eigenvalue weighted by molar-refractivity contribution is -0.146. The number of benzene rings is 2. The summed E-state index contributed by atoms with van der Waals surface area (Å²) in [5.74, 6) is -0.226. The second kappa shape index (κ2) is 11.4. The topological polar surface area (TPSA) is 62.7 Å². The number of nitrogens with zero attached hydrogens (tertiary/aromatic N) is 2. The fourth-order valence-electron chi connectivity index (χ4n) is 5.18. The fourth-order valence-corrected chi connectivity index (χ4v) is 5.18. The van der Waals surface area contributed by atoms with Crippen LogP contribution in [0.25, 0.3) is 10.9 Å². The van der Waals surface area contributed by atoms with Crippen molar-refractivity contribution in [3.63, 3.8) is 0 Å². The smallest absolute Gasteiger partial charge is 0.308 e. The highest BCUT2D eigenvalue weighted by atomic mass is 19.1. The van der Waals surface area contributed by atoms with Crippen LogP contribution in [0.2, 0.25) is 0 Å². The summed E-state index contributed by atoms with van der Waals surface area (Å²) in [6.07, 6.45) is 7.20. The Hall–Kier alpha value is -2.99. The molecule has 6 heteroatoms.